The first kappa shape index (κ1) is 16.8. The van der Waals surface area contributed by atoms with Gasteiger partial charge in [-0.3, -0.25) is 0 Å². The lowest BCUT2D eigenvalue weighted by atomic mass is 10.0. The van der Waals surface area contributed by atoms with E-state index in [1.165, 1.54) is 24.0 Å². The van der Waals surface area contributed by atoms with E-state index in [4.69, 9.17) is 9.15 Å². The molecule has 4 rings (SSSR count). The van der Waals surface area contributed by atoms with Crippen LogP contribution in [0.25, 0.3) is 11.5 Å². The Morgan fingerprint density at radius 1 is 1.08 bits per heavy atom. The molecule has 1 N–H and O–H groups in total. The van der Waals surface area contributed by atoms with Gasteiger partial charge in [0.05, 0.1) is 13.7 Å². The van der Waals surface area contributed by atoms with E-state index in [9.17, 15) is 0 Å². The van der Waals surface area contributed by atoms with Gasteiger partial charge in [0, 0.05) is 11.6 Å². The van der Waals surface area contributed by atoms with E-state index in [-0.39, 0.29) is 0 Å². The van der Waals surface area contributed by atoms with Gasteiger partial charge in [-0.15, -0.1) is 10.2 Å². The molecule has 2 aromatic carbocycles. The van der Waals surface area contributed by atoms with Crippen LogP contribution in [-0.2, 0) is 6.54 Å². The Balaban J connectivity index is 1.43. The molecule has 0 spiro atoms. The van der Waals surface area contributed by atoms with Crippen LogP contribution in [0.15, 0.2) is 52.9 Å². The number of hydrogen-bond donors (Lipinski definition) is 1. The van der Waals surface area contributed by atoms with Gasteiger partial charge in [-0.05, 0) is 55.5 Å². The highest BCUT2D eigenvalue weighted by Gasteiger charge is 2.32. The Bertz CT molecular complexity index is 852. The van der Waals surface area contributed by atoms with Crippen LogP contribution in [0.2, 0.25) is 0 Å². The molecule has 26 heavy (non-hydrogen) atoms. The molecular formula is C21H23N3O2. The number of benzene rings is 2. The highest BCUT2D eigenvalue weighted by atomic mass is 16.5. The van der Waals surface area contributed by atoms with Crippen molar-refractivity contribution < 1.29 is 9.15 Å². The largest absolute Gasteiger partial charge is 0.497 e. The normalized spacial score (nSPS) is 15.0. The predicted molar refractivity (Wildman–Crippen MR) is 99.8 cm³/mol. The van der Waals surface area contributed by atoms with Crippen molar-refractivity contribution in [3.05, 3.63) is 65.5 Å². The summed E-state index contributed by atoms with van der Waals surface area (Å²) >= 11 is 0. The third-order valence-corrected chi connectivity index (χ3v) is 4.81. The molecule has 0 bridgehead atoms. The standard InChI is InChI=1S/C21H23N3O2/c1-14-3-5-15(6-4-14)20(16-7-8-16)22-13-19-23-24-21(26-19)17-9-11-18(25-2)12-10-17/h3-6,9-12,16,20,22H,7-8,13H2,1-2H3/t20-/m1/s1. The van der Waals surface area contributed by atoms with Crippen molar-refractivity contribution in [1.82, 2.24) is 15.5 Å². The fourth-order valence-electron chi connectivity index (χ4n) is 3.13. The van der Waals surface area contributed by atoms with Crippen molar-refractivity contribution in [1.29, 1.82) is 0 Å². The number of methoxy groups -OCH3 is 1. The Kier molecular flexibility index (Phi) is 4.71. The minimum atomic E-state index is 0.340. The van der Waals surface area contributed by atoms with Crippen LogP contribution in [0.1, 0.15) is 35.9 Å². The maximum atomic E-state index is 5.82. The zero-order chi connectivity index (χ0) is 17.9. The zero-order valence-corrected chi connectivity index (χ0v) is 15.1. The zero-order valence-electron chi connectivity index (χ0n) is 15.1. The molecule has 0 unspecified atom stereocenters. The monoisotopic (exact) mass is 349 g/mol. The van der Waals surface area contributed by atoms with E-state index in [2.05, 4.69) is 46.7 Å². The summed E-state index contributed by atoms with van der Waals surface area (Å²) in [5.74, 6) is 2.64. The lowest BCUT2D eigenvalue weighted by molar-refractivity contribution is 0.414. The summed E-state index contributed by atoms with van der Waals surface area (Å²) in [6, 6.07) is 16.7. The van der Waals surface area contributed by atoms with Gasteiger partial charge in [0.25, 0.3) is 0 Å². The van der Waals surface area contributed by atoms with Crippen LogP contribution in [0, 0.1) is 12.8 Å². The molecule has 0 amide bonds. The second-order valence-corrected chi connectivity index (χ2v) is 6.84. The fourth-order valence-corrected chi connectivity index (χ4v) is 3.13. The van der Waals surface area contributed by atoms with Gasteiger partial charge in [-0.1, -0.05) is 29.8 Å². The molecule has 134 valence electrons. The van der Waals surface area contributed by atoms with Crippen LogP contribution in [0.4, 0.5) is 0 Å². The van der Waals surface area contributed by atoms with Crippen molar-refractivity contribution in [2.75, 3.05) is 7.11 Å². The van der Waals surface area contributed by atoms with Crippen LogP contribution < -0.4 is 10.1 Å². The Morgan fingerprint density at radius 2 is 1.81 bits per heavy atom. The highest BCUT2D eigenvalue weighted by Crippen LogP contribution is 2.41. The van der Waals surface area contributed by atoms with E-state index in [0.717, 1.165) is 11.3 Å². The van der Waals surface area contributed by atoms with E-state index >= 15 is 0 Å². The van der Waals surface area contributed by atoms with Crippen LogP contribution in [0.5, 0.6) is 5.75 Å². The first-order valence-electron chi connectivity index (χ1n) is 8.99. The van der Waals surface area contributed by atoms with Gasteiger partial charge in [0.1, 0.15) is 5.75 Å². The summed E-state index contributed by atoms with van der Waals surface area (Å²) in [6.45, 7) is 2.68. The van der Waals surface area contributed by atoms with Gasteiger partial charge < -0.3 is 14.5 Å². The highest BCUT2D eigenvalue weighted by molar-refractivity contribution is 5.53. The molecule has 3 aromatic rings. The maximum Gasteiger partial charge on any atom is 0.247 e. The van der Waals surface area contributed by atoms with E-state index in [1.807, 2.05) is 24.3 Å². The number of aromatic nitrogens is 2. The number of nitrogens with one attached hydrogen (secondary N) is 1. The second-order valence-electron chi connectivity index (χ2n) is 6.84. The average Bonchev–Trinajstić information content (AvgIpc) is 3.40. The summed E-state index contributed by atoms with van der Waals surface area (Å²) in [5.41, 5.74) is 3.50. The molecule has 0 radical (unpaired) electrons. The lowest BCUT2D eigenvalue weighted by Crippen LogP contribution is -2.22. The number of hydrogen-bond acceptors (Lipinski definition) is 5. The van der Waals surface area contributed by atoms with Crippen LogP contribution in [0.3, 0.4) is 0 Å². The van der Waals surface area contributed by atoms with E-state index in [1.54, 1.807) is 7.11 Å². The van der Waals surface area contributed by atoms with Gasteiger partial charge in [-0.2, -0.15) is 0 Å². The number of rotatable bonds is 7. The van der Waals surface area contributed by atoms with E-state index in [0.29, 0.717) is 30.3 Å². The summed E-state index contributed by atoms with van der Waals surface area (Å²) in [6.07, 6.45) is 2.54. The molecule has 1 saturated carbocycles. The summed E-state index contributed by atoms with van der Waals surface area (Å²) in [4.78, 5) is 0. The second kappa shape index (κ2) is 7.30. The van der Waals surface area contributed by atoms with Gasteiger partial charge in [-0.25, -0.2) is 0 Å². The molecule has 1 atom stereocenters. The minimum absolute atomic E-state index is 0.340. The molecule has 1 heterocycles. The molecule has 0 aliphatic heterocycles. The first-order chi connectivity index (χ1) is 12.7. The van der Waals surface area contributed by atoms with E-state index < -0.39 is 0 Å². The van der Waals surface area contributed by atoms with Crippen molar-refractivity contribution in [2.45, 2.75) is 32.4 Å². The predicted octanol–water partition coefficient (Wildman–Crippen LogP) is 4.29. The van der Waals surface area contributed by atoms with Crippen LogP contribution in [-0.4, -0.2) is 17.3 Å². The molecule has 1 aliphatic carbocycles. The lowest BCUT2D eigenvalue weighted by Gasteiger charge is -2.18. The van der Waals surface area contributed by atoms with Gasteiger partial charge in [0.2, 0.25) is 11.8 Å². The summed E-state index contributed by atoms with van der Waals surface area (Å²) < 4.78 is 11.0. The van der Waals surface area contributed by atoms with Gasteiger partial charge >= 0.3 is 0 Å². The summed E-state index contributed by atoms with van der Waals surface area (Å²) in [7, 11) is 1.65. The maximum absolute atomic E-state index is 5.82. The van der Waals surface area contributed by atoms with Crippen molar-refractivity contribution in [2.24, 2.45) is 5.92 Å². The molecule has 1 aliphatic rings. The number of nitrogens with zero attached hydrogens (tertiary/aromatic N) is 2. The first-order valence-corrected chi connectivity index (χ1v) is 8.99. The molecule has 5 heteroatoms. The molecule has 1 fully saturated rings. The molecule has 1 aromatic heterocycles. The van der Waals surface area contributed by atoms with Gasteiger partial charge in [0.15, 0.2) is 0 Å². The molecular weight excluding hydrogens is 326 g/mol. The Morgan fingerprint density at radius 3 is 2.46 bits per heavy atom. The Labute approximate surface area is 153 Å². The summed E-state index contributed by atoms with van der Waals surface area (Å²) in [5, 5.41) is 12.0. The third-order valence-electron chi connectivity index (χ3n) is 4.81. The quantitative estimate of drug-likeness (QED) is 0.689. The SMILES string of the molecule is COc1ccc(-c2nnc(CN[C@H](c3ccc(C)cc3)C3CC3)o2)cc1. The fraction of sp³-hybridized carbons (Fsp3) is 0.333. The van der Waals surface area contributed by atoms with Crippen molar-refractivity contribution in [3.8, 4) is 17.2 Å². The third kappa shape index (κ3) is 3.78. The molecule has 0 saturated heterocycles. The van der Waals surface area contributed by atoms with Crippen LogP contribution >= 0.6 is 0 Å². The molecule has 5 nitrogen and oxygen atoms in total. The van der Waals surface area contributed by atoms with Crippen molar-refractivity contribution in [3.63, 3.8) is 0 Å². The smallest absolute Gasteiger partial charge is 0.247 e. The number of aryl methyl sites for hydroxylation is 1. The average molecular weight is 349 g/mol. The topological polar surface area (TPSA) is 60.2 Å². The number of ether oxygens (including phenoxy) is 1. The van der Waals surface area contributed by atoms with Crippen molar-refractivity contribution >= 4 is 0 Å². The Hall–Kier alpha value is -2.66. The minimum Gasteiger partial charge on any atom is -0.497 e.